The predicted octanol–water partition coefficient (Wildman–Crippen LogP) is 3.35. The van der Waals surface area contributed by atoms with Crippen molar-refractivity contribution in [3.63, 3.8) is 0 Å². The summed E-state index contributed by atoms with van der Waals surface area (Å²) in [6.45, 7) is 5.83. The van der Waals surface area contributed by atoms with E-state index in [1.54, 1.807) is 112 Å². The number of carboxylic acid groups (broad SMARTS) is 1. The first kappa shape index (κ1) is 104. The van der Waals surface area contributed by atoms with E-state index in [4.69, 9.17) is 5.73 Å². The smallest absolute Gasteiger partial charge is 0.416 e. The summed E-state index contributed by atoms with van der Waals surface area (Å²) in [5.74, 6) is -19.0. The first-order valence-corrected chi connectivity index (χ1v) is 44.5. The normalized spacial score (nSPS) is 21.8. The highest BCUT2D eigenvalue weighted by Gasteiger charge is 2.43. The van der Waals surface area contributed by atoms with Gasteiger partial charge in [-0.3, -0.25) is 76.7 Å². The molecule has 0 bridgehead atoms. The van der Waals surface area contributed by atoms with Crippen LogP contribution < -0.4 is 53.6 Å². The summed E-state index contributed by atoms with van der Waals surface area (Å²) in [4.78, 5) is 243. The summed E-state index contributed by atoms with van der Waals surface area (Å²) < 4.78 is 42.2. The zero-order valence-electron chi connectivity index (χ0n) is 75.6. The van der Waals surface area contributed by atoms with Crippen molar-refractivity contribution in [2.45, 2.75) is 178 Å². The van der Waals surface area contributed by atoms with Crippen molar-refractivity contribution in [3.05, 3.63) is 203 Å². The van der Waals surface area contributed by atoms with E-state index in [-0.39, 0.29) is 62.0 Å². The van der Waals surface area contributed by atoms with Gasteiger partial charge in [0.2, 0.25) is 88.6 Å². The zero-order chi connectivity index (χ0) is 97.7. The molecular formula is C94H117F3N16O19S. The first-order chi connectivity index (χ1) is 63.0. The minimum absolute atomic E-state index is 0.0535. The number of amides is 15. The van der Waals surface area contributed by atoms with Gasteiger partial charge in [-0.25, -0.2) is 0 Å². The number of carbonyl (C=O) groups is 16. The number of benzene rings is 6. The summed E-state index contributed by atoms with van der Waals surface area (Å²) >= 11 is 0.709. The number of thioether (sulfide) groups is 1. The molecule has 0 saturated carbocycles. The monoisotopic (exact) mass is 1860 g/mol. The van der Waals surface area contributed by atoms with E-state index >= 15 is 38.4 Å². The average Bonchev–Trinajstić information content (AvgIpc) is 1.65. The van der Waals surface area contributed by atoms with Gasteiger partial charge in [-0.1, -0.05) is 163 Å². The second-order valence-electron chi connectivity index (χ2n) is 33.8. The molecule has 2 heterocycles. The SMILES string of the molecule is CCCCC1C(=O)N(C)CC(=O)NC(CC(=O)O)C(=O)NC(C(C)C)C(=O)N(C)C(Cc2ccccc2)C(=O)NC(Cc2ccc(O)cc2)C(=O)N(C)CC(=O)NC(Cc2c[nH]c3ccccc23)C(=O)NC(Cc2ccc(O)cc2)C(=O)NC(CC(C)C)C(=O)NC(C(=O)NCC(N)=O)CSCC(=O)NC(Cc2ccc(C(F)(F)F)cc2)C(=O)N(C)C(Cc2ccccc2)C(=O)N1C. The molecule has 11 unspecified atom stereocenters. The van der Waals surface area contributed by atoms with E-state index in [1.807, 2.05) is 0 Å². The van der Waals surface area contributed by atoms with Gasteiger partial charge in [0.1, 0.15) is 78.0 Å². The number of likely N-dealkylation sites (N-methyl/N-ethyl adjacent to an activating group) is 5. The summed E-state index contributed by atoms with van der Waals surface area (Å²) in [5.41, 5.74) is 7.31. The Labute approximate surface area is 772 Å². The molecule has 1 aliphatic rings. The van der Waals surface area contributed by atoms with Gasteiger partial charge < -0.3 is 98.4 Å². The minimum atomic E-state index is -4.80. The average molecular weight is 1860 g/mol. The Hall–Kier alpha value is -13.9. The number of halogens is 3. The Balaban J connectivity index is 1.22. The number of rotatable bonds is 23. The molecule has 11 atom stereocenters. The predicted molar refractivity (Wildman–Crippen MR) is 487 cm³/mol. The number of primary amides is 1. The second kappa shape index (κ2) is 49.4. The van der Waals surface area contributed by atoms with Gasteiger partial charge >= 0.3 is 12.1 Å². The molecule has 0 radical (unpaired) electrons. The van der Waals surface area contributed by atoms with Crippen molar-refractivity contribution in [1.29, 1.82) is 0 Å². The third-order valence-electron chi connectivity index (χ3n) is 22.5. The lowest BCUT2D eigenvalue weighted by Gasteiger charge is -2.37. The number of phenolic OH excluding ortho intramolecular Hbond substituents is 2. The maximum atomic E-state index is 15.5. The number of H-pyrrole nitrogens is 1. The van der Waals surface area contributed by atoms with Crippen LogP contribution in [0.5, 0.6) is 11.5 Å². The quantitative estimate of drug-likeness (QED) is 0.0437. The van der Waals surface area contributed by atoms with Crippen LogP contribution >= 0.6 is 11.8 Å². The molecule has 15 N–H and O–H groups in total. The number of unbranched alkanes of at least 4 members (excludes halogenated alkanes) is 1. The van der Waals surface area contributed by atoms with E-state index in [0.29, 0.717) is 63.3 Å². The highest BCUT2D eigenvalue weighted by atomic mass is 32.2. The molecule has 7 aromatic rings. The number of nitrogens with two attached hydrogens (primary N) is 1. The molecule has 1 aliphatic heterocycles. The topological polar surface area (TPSA) is 500 Å². The van der Waals surface area contributed by atoms with Crippen molar-refractivity contribution in [3.8, 4) is 11.5 Å². The van der Waals surface area contributed by atoms with Gasteiger partial charge in [-0.05, 0) is 101 Å². The minimum Gasteiger partial charge on any atom is -0.508 e. The van der Waals surface area contributed by atoms with Crippen LogP contribution in [-0.4, -0.2) is 272 Å². The van der Waals surface area contributed by atoms with Crippen LogP contribution in [0.25, 0.3) is 10.9 Å². The fraction of sp³-hybridized carbons (Fsp3) is 0.426. The second-order valence-corrected chi connectivity index (χ2v) is 34.8. The number of alkyl halides is 3. The third kappa shape index (κ3) is 31.4. The maximum Gasteiger partial charge on any atom is 0.416 e. The van der Waals surface area contributed by atoms with Crippen molar-refractivity contribution < 1.29 is 105 Å². The van der Waals surface area contributed by atoms with E-state index in [1.165, 1.54) is 97.6 Å². The number of aromatic amines is 1. The molecule has 1 fully saturated rings. The largest absolute Gasteiger partial charge is 0.508 e. The van der Waals surface area contributed by atoms with Crippen LogP contribution in [-0.2, 0) is 121 Å². The molecule has 39 heteroatoms. The highest BCUT2D eigenvalue weighted by Crippen LogP contribution is 2.30. The third-order valence-corrected chi connectivity index (χ3v) is 23.5. The molecule has 0 aliphatic carbocycles. The van der Waals surface area contributed by atoms with Crippen LogP contribution in [0.2, 0.25) is 0 Å². The van der Waals surface area contributed by atoms with Gasteiger partial charge in [0.05, 0.1) is 37.4 Å². The number of nitrogens with zero attached hydrogens (tertiary/aromatic N) is 5. The summed E-state index contributed by atoms with van der Waals surface area (Å²) in [5, 5.41) is 55.1. The summed E-state index contributed by atoms with van der Waals surface area (Å²) in [7, 11) is 6.21. The Bertz CT molecular complexity index is 5250. The van der Waals surface area contributed by atoms with E-state index < -0.39 is 229 Å². The van der Waals surface area contributed by atoms with Gasteiger partial charge in [0, 0.05) is 96.6 Å². The number of carboxylic acids is 1. The Morgan fingerprint density at radius 2 is 0.932 bits per heavy atom. The Kier molecular flexibility index (Phi) is 38.8. The van der Waals surface area contributed by atoms with Crippen molar-refractivity contribution in [2.75, 3.05) is 66.4 Å². The number of hydrogen-bond acceptors (Lipinski definition) is 19. The molecule has 714 valence electrons. The van der Waals surface area contributed by atoms with Crippen molar-refractivity contribution in [2.24, 2.45) is 17.6 Å². The number of hydrogen-bond donors (Lipinski definition) is 14. The van der Waals surface area contributed by atoms with Crippen molar-refractivity contribution >= 4 is 117 Å². The summed E-state index contributed by atoms with van der Waals surface area (Å²) in [6, 6.07) is 20.6. The number of aromatic nitrogens is 1. The standard InChI is InChI=1S/C94H117F3N16O19S/c1-11-12-27-74-91(130)110(7)51-79(118)102-70(47-81(120)121)87(126)108-82(55(4)5)93(132)112(9)75(44-56-21-15-13-16-22-56)88(127)106-71(42-60-32-38-64(115)39-33-60)89(128)109(6)50-78(117)101-69(46-61-48-99-66-26-20-19-25-65(61)66)86(125)105-68(41-59-30-36-63(114)37-31-59)85(124)104-67(40-54(2)3)84(123)107-73(83(122)100-49-77(98)116)52-133-53-80(119)103-72(43-58-28-34-62(35-29-58)94(95,96)97)90(129)113(10)76(92(131)111(74)8)45-57-23-17-14-18-24-57/h13-26,28-39,48,54-55,67-76,82,99,114-115H,11-12,27,40-47,49-53H2,1-10H3,(H2,98,116)(H,100,122)(H,101,117)(H,102,118)(H,103,119)(H,104,124)(H,105,125)(H,106,127)(H,107,123)(H,108,126)(H,120,121). The highest BCUT2D eigenvalue weighted by molar-refractivity contribution is 8.00. The molecule has 35 nitrogen and oxygen atoms in total. The maximum absolute atomic E-state index is 15.5. The lowest BCUT2D eigenvalue weighted by atomic mass is 9.98. The molecule has 1 aromatic heterocycles. The fourth-order valence-corrected chi connectivity index (χ4v) is 16.0. The molecule has 0 spiro atoms. The van der Waals surface area contributed by atoms with Gasteiger partial charge in [0.25, 0.3) is 0 Å². The molecule has 8 rings (SSSR count). The van der Waals surface area contributed by atoms with Gasteiger partial charge in [0.15, 0.2) is 0 Å². The lowest BCUT2D eigenvalue weighted by Crippen LogP contribution is -2.61. The first-order valence-electron chi connectivity index (χ1n) is 43.4. The molecule has 6 aromatic carbocycles. The van der Waals surface area contributed by atoms with Crippen LogP contribution in [0.1, 0.15) is 106 Å². The van der Waals surface area contributed by atoms with Crippen LogP contribution in [0.3, 0.4) is 0 Å². The van der Waals surface area contributed by atoms with Gasteiger partial charge in [-0.15, -0.1) is 11.8 Å². The number of phenols is 2. The van der Waals surface area contributed by atoms with E-state index in [0.717, 1.165) is 48.8 Å². The van der Waals surface area contributed by atoms with Crippen LogP contribution in [0.15, 0.2) is 164 Å². The zero-order valence-corrected chi connectivity index (χ0v) is 76.5. The number of aliphatic carboxylic acids is 1. The van der Waals surface area contributed by atoms with Crippen LogP contribution in [0.4, 0.5) is 13.2 Å². The van der Waals surface area contributed by atoms with Crippen molar-refractivity contribution in [1.82, 2.24) is 77.3 Å². The number of carbonyl (C=O) groups excluding carboxylic acids is 15. The number of aromatic hydroxyl groups is 2. The molecular weight excluding hydrogens is 1750 g/mol. The number of nitrogens with one attached hydrogen (secondary N) is 10. The summed E-state index contributed by atoms with van der Waals surface area (Å²) in [6.07, 6.45) is -5.68. The lowest BCUT2D eigenvalue weighted by molar-refractivity contribution is -0.151. The molecule has 15 amide bonds. The fourth-order valence-electron chi connectivity index (χ4n) is 15.2. The molecule has 133 heavy (non-hydrogen) atoms. The number of para-hydroxylation sites is 1. The van der Waals surface area contributed by atoms with E-state index in [9.17, 15) is 66.8 Å². The molecule has 1 saturated heterocycles. The Morgan fingerprint density at radius 3 is 1.47 bits per heavy atom. The van der Waals surface area contributed by atoms with Crippen LogP contribution in [0, 0.1) is 11.8 Å². The Morgan fingerprint density at radius 1 is 0.481 bits per heavy atom. The van der Waals surface area contributed by atoms with Gasteiger partial charge in [-0.2, -0.15) is 13.2 Å². The van der Waals surface area contributed by atoms with E-state index in [2.05, 4.69) is 52.8 Å². The number of fused-ring (bicyclic) bond motifs is 1.